The molecule has 1 aliphatic heterocycles. The summed E-state index contributed by atoms with van der Waals surface area (Å²) < 4.78 is 9.44. The molecule has 0 atom stereocenters. The number of nitriles is 2. The minimum absolute atomic E-state index is 0.612. The first-order chi connectivity index (χ1) is 40.6. The third-order valence-electron chi connectivity index (χ3n) is 17.5. The molecule has 0 saturated carbocycles. The minimum atomic E-state index is -0.954. The predicted molar refractivity (Wildman–Crippen MR) is 330 cm³/mol. The van der Waals surface area contributed by atoms with Gasteiger partial charge in [-0.3, -0.25) is 9.97 Å². The highest BCUT2D eigenvalue weighted by Gasteiger charge is 2.52. The fourth-order valence-electron chi connectivity index (χ4n) is 14.2. The van der Waals surface area contributed by atoms with Crippen LogP contribution in [0.3, 0.4) is 0 Å². The fraction of sp³-hybridized carbons (Fsp3) is 0.0137. The van der Waals surface area contributed by atoms with E-state index < -0.39 is 5.41 Å². The van der Waals surface area contributed by atoms with Crippen LogP contribution in [0.25, 0.3) is 121 Å². The molecule has 82 heavy (non-hydrogen) atoms. The van der Waals surface area contributed by atoms with Gasteiger partial charge in [-0.25, -0.2) is 0 Å². The van der Waals surface area contributed by atoms with E-state index in [1.807, 2.05) is 48.4 Å². The van der Waals surface area contributed by atoms with E-state index in [9.17, 15) is 10.5 Å². The summed E-state index contributed by atoms with van der Waals surface area (Å²) in [6.45, 7) is 0. The van der Waals surface area contributed by atoms with E-state index in [-0.39, 0.29) is 0 Å². The Morgan fingerprint density at radius 3 is 0.976 bits per heavy atom. The van der Waals surface area contributed by atoms with E-state index in [0.717, 1.165) is 132 Å². The van der Waals surface area contributed by atoms with Crippen LogP contribution in [0, 0.1) is 22.7 Å². The summed E-state index contributed by atoms with van der Waals surface area (Å²) in [5, 5.41) is 29.2. The molecule has 1 spiro atoms. The Balaban J connectivity index is 0.969. The standard InChI is InChI=1S/C73H40N8S/c74-39-43-25-31-67-55(33-43)53-17-5-11-23-65(53)80(67)47-35-59-71(76-41-47)72-60(36-48(42-77-72)81-66-24-12-6-18-54(66)56-34-44(40-75)26-32-68(56)81)73(59)57-29-27-45(78-61-19-7-1-13-49(61)50-14-2-8-20-62(50)78)37-69(57)82-70-38-46(28-30-58(70)73)79-63-21-9-3-15-51(63)52-16-4-10-22-64(52)79/h1-38,41-42H. The quantitative estimate of drug-likeness (QED) is 0.175. The fourth-order valence-corrected chi connectivity index (χ4v) is 15.5. The summed E-state index contributed by atoms with van der Waals surface area (Å²) in [6, 6.07) is 87.4. The van der Waals surface area contributed by atoms with Crippen molar-refractivity contribution in [3.63, 3.8) is 0 Å². The van der Waals surface area contributed by atoms with E-state index in [1.54, 1.807) is 0 Å². The highest BCUT2D eigenvalue weighted by molar-refractivity contribution is 7.99. The third-order valence-corrected chi connectivity index (χ3v) is 18.6. The van der Waals surface area contributed by atoms with Gasteiger partial charge in [-0.05, 0) is 120 Å². The molecule has 0 fully saturated rings. The second kappa shape index (κ2) is 16.5. The second-order valence-electron chi connectivity index (χ2n) is 21.5. The zero-order valence-electron chi connectivity index (χ0n) is 43.6. The molecule has 18 rings (SSSR count). The lowest BCUT2D eigenvalue weighted by atomic mass is 9.67. The first-order valence-corrected chi connectivity index (χ1v) is 28.2. The van der Waals surface area contributed by atoms with Crippen molar-refractivity contribution in [1.29, 1.82) is 10.5 Å². The smallest absolute Gasteiger partial charge is 0.0991 e. The highest BCUT2D eigenvalue weighted by Crippen LogP contribution is 2.63. The molecule has 1 aliphatic carbocycles. The lowest BCUT2D eigenvalue weighted by Crippen LogP contribution is -2.32. The van der Waals surface area contributed by atoms with E-state index in [4.69, 9.17) is 9.97 Å². The van der Waals surface area contributed by atoms with Crippen LogP contribution in [0.4, 0.5) is 0 Å². The Bertz CT molecular complexity index is 5170. The molecule has 10 aromatic carbocycles. The van der Waals surface area contributed by atoms with Gasteiger partial charge in [0.05, 0.1) is 108 Å². The summed E-state index contributed by atoms with van der Waals surface area (Å²) in [7, 11) is 0. The highest BCUT2D eigenvalue weighted by atomic mass is 32.2. The van der Waals surface area contributed by atoms with Crippen LogP contribution in [-0.4, -0.2) is 28.2 Å². The molecule has 8 nitrogen and oxygen atoms in total. The first-order valence-electron chi connectivity index (χ1n) is 27.4. The molecule has 6 aromatic heterocycles. The first kappa shape index (κ1) is 45.0. The van der Waals surface area contributed by atoms with Crippen molar-refractivity contribution in [2.45, 2.75) is 15.2 Å². The monoisotopic (exact) mass is 1060 g/mol. The van der Waals surface area contributed by atoms with Crippen molar-refractivity contribution >= 4 is 99.0 Å². The van der Waals surface area contributed by atoms with Crippen LogP contribution in [0.15, 0.2) is 253 Å². The largest absolute Gasteiger partial charge is 0.309 e. The summed E-state index contributed by atoms with van der Waals surface area (Å²) in [5.74, 6) is 0. The van der Waals surface area contributed by atoms with Gasteiger partial charge in [0.25, 0.3) is 0 Å². The van der Waals surface area contributed by atoms with Crippen LogP contribution in [-0.2, 0) is 5.41 Å². The lowest BCUT2D eigenvalue weighted by Gasteiger charge is -2.40. The number of para-hydroxylation sites is 6. The van der Waals surface area contributed by atoms with Crippen molar-refractivity contribution in [1.82, 2.24) is 28.2 Å². The number of rotatable bonds is 4. The number of hydrogen-bond acceptors (Lipinski definition) is 5. The summed E-state index contributed by atoms with van der Waals surface area (Å²) in [6.07, 6.45) is 3.99. The molecule has 2 aliphatic rings. The molecule has 0 radical (unpaired) electrons. The molecule has 16 aromatic rings. The molecule has 0 unspecified atom stereocenters. The van der Waals surface area contributed by atoms with Gasteiger partial charge >= 0.3 is 0 Å². The molecule has 0 N–H and O–H groups in total. The number of hydrogen-bond donors (Lipinski definition) is 0. The topological polar surface area (TPSA) is 93.1 Å². The van der Waals surface area contributed by atoms with Crippen molar-refractivity contribution in [3.05, 3.63) is 276 Å². The van der Waals surface area contributed by atoms with E-state index in [2.05, 4.69) is 237 Å². The number of nitrogens with zero attached hydrogens (tertiary/aromatic N) is 8. The molecular formula is C73H40N8S. The zero-order chi connectivity index (χ0) is 53.9. The maximum atomic E-state index is 10.1. The Kier molecular flexibility index (Phi) is 9.07. The summed E-state index contributed by atoms with van der Waals surface area (Å²) in [5.41, 5.74) is 18.8. The van der Waals surface area contributed by atoms with Gasteiger partial charge in [-0.15, -0.1) is 0 Å². The van der Waals surface area contributed by atoms with Crippen LogP contribution in [0.1, 0.15) is 33.4 Å². The number of aromatic nitrogens is 6. The number of benzene rings is 10. The van der Waals surface area contributed by atoms with Gasteiger partial charge in [0, 0.05) is 75.4 Å². The van der Waals surface area contributed by atoms with Crippen molar-refractivity contribution in [2.24, 2.45) is 0 Å². The van der Waals surface area contributed by atoms with Gasteiger partial charge in [-0.2, -0.15) is 10.5 Å². The maximum absolute atomic E-state index is 10.1. The van der Waals surface area contributed by atoms with Gasteiger partial charge in [-0.1, -0.05) is 133 Å². The van der Waals surface area contributed by atoms with Crippen molar-refractivity contribution in [2.75, 3.05) is 0 Å². The normalized spacial score (nSPS) is 13.1. The van der Waals surface area contributed by atoms with E-state index >= 15 is 0 Å². The van der Waals surface area contributed by atoms with Gasteiger partial charge < -0.3 is 18.3 Å². The van der Waals surface area contributed by atoms with Crippen molar-refractivity contribution < 1.29 is 0 Å². The Morgan fingerprint density at radius 1 is 0.305 bits per heavy atom. The Labute approximate surface area is 472 Å². The Morgan fingerprint density at radius 2 is 0.622 bits per heavy atom. The molecule has 0 saturated heterocycles. The second-order valence-corrected chi connectivity index (χ2v) is 22.6. The summed E-state index contributed by atoms with van der Waals surface area (Å²) >= 11 is 1.82. The van der Waals surface area contributed by atoms with E-state index in [0.29, 0.717) is 11.1 Å². The molecule has 378 valence electrons. The molecule has 0 amide bonds. The van der Waals surface area contributed by atoms with Crippen LogP contribution in [0.2, 0.25) is 0 Å². The predicted octanol–water partition coefficient (Wildman–Crippen LogP) is 17.4. The average Bonchev–Trinajstić information content (AvgIpc) is 1.59. The summed E-state index contributed by atoms with van der Waals surface area (Å²) in [4.78, 5) is 13.4. The van der Waals surface area contributed by atoms with Crippen molar-refractivity contribution in [3.8, 4) is 46.3 Å². The van der Waals surface area contributed by atoms with Crippen LogP contribution < -0.4 is 0 Å². The third kappa shape index (κ3) is 5.88. The zero-order valence-corrected chi connectivity index (χ0v) is 44.4. The van der Waals surface area contributed by atoms with Crippen LogP contribution in [0.5, 0.6) is 0 Å². The minimum Gasteiger partial charge on any atom is -0.309 e. The average molecular weight is 1060 g/mol. The van der Waals surface area contributed by atoms with E-state index in [1.165, 1.54) is 21.5 Å². The van der Waals surface area contributed by atoms with Gasteiger partial charge in [0.1, 0.15) is 0 Å². The molecule has 7 heterocycles. The van der Waals surface area contributed by atoms with Gasteiger partial charge in [0.2, 0.25) is 0 Å². The molecule has 9 heteroatoms. The van der Waals surface area contributed by atoms with Crippen LogP contribution >= 0.6 is 11.8 Å². The van der Waals surface area contributed by atoms with Gasteiger partial charge in [0.15, 0.2) is 0 Å². The number of fused-ring (bicyclic) bond motifs is 21. The molecular weight excluding hydrogens is 1020 g/mol. The SMILES string of the molecule is N#Cc1ccc2c(c1)c1ccccc1n2-c1cnc2c(c1)C1(c3ccc(-n4c5ccccc5c5ccccc54)cc3Sc3cc(-n4c5ccccc5c5ccccc54)ccc31)c1cc(-n3c4ccccc4c4cc(C#N)ccc43)cnc1-2. The number of pyridine rings is 2. The Hall–Kier alpha value is -11.0. The maximum Gasteiger partial charge on any atom is 0.0991 e. The lowest BCUT2D eigenvalue weighted by molar-refractivity contribution is 0.716. The molecule has 0 bridgehead atoms.